The zero-order valence-corrected chi connectivity index (χ0v) is 10.6. The SMILES string of the molecule is C=CC(=O)N1CCN(c2nccc(C(F)(F)F)n2)CC1. The fraction of sp³-hybridized carbons (Fsp3) is 0.417. The Kier molecular flexibility index (Phi) is 3.91. The Balaban J connectivity index is 2.07. The molecule has 1 amide bonds. The quantitative estimate of drug-likeness (QED) is 0.770. The molecule has 20 heavy (non-hydrogen) atoms. The summed E-state index contributed by atoms with van der Waals surface area (Å²) in [5.41, 5.74) is -0.966. The van der Waals surface area contributed by atoms with Gasteiger partial charge >= 0.3 is 6.18 Å². The molecule has 8 heteroatoms. The Morgan fingerprint density at radius 1 is 1.30 bits per heavy atom. The molecule has 0 radical (unpaired) electrons. The molecule has 1 aromatic rings. The van der Waals surface area contributed by atoms with Crippen LogP contribution in [0.25, 0.3) is 0 Å². The number of halogens is 3. The van der Waals surface area contributed by atoms with Gasteiger partial charge < -0.3 is 9.80 Å². The van der Waals surface area contributed by atoms with E-state index < -0.39 is 11.9 Å². The molecule has 1 aliphatic heterocycles. The number of aromatic nitrogens is 2. The van der Waals surface area contributed by atoms with Gasteiger partial charge in [0.25, 0.3) is 0 Å². The smallest absolute Gasteiger partial charge is 0.337 e. The molecule has 0 bridgehead atoms. The molecule has 0 N–H and O–H groups in total. The Labute approximate surface area is 113 Å². The lowest BCUT2D eigenvalue weighted by Crippen LogP contribution is -2.48. The number of anilines is 1. The summed E-state index contributed by atoms with van der Waals surface area (Å²) in [6, 6.07) is 0.834. The van der Waals surface area contributed by atoms with Crippen molar-refractivity contribution in [3.63, 3.8) is 0 Å². The van der Waals surface area contributed by atoms with Crippen molar-refractivity contribution in [1.29, 1.82) is 0 Å². The molecular weight excluding hydrogens is 273 g/mol. The monoisotopic (exact) mass is 286 g/mol. The standard InChI is InChI=1S/C12H13F3N4O/c1-2-10(20)18-5-7-19(8-6-18)11-16-4-3-9(17-11)12(13,14)15/h2-4H,1,5-8H2. The van der Waals surface area contributed by atoms with Gasteiger partial charge in [0.05, 0.1) is 0 Å². The molecule has 0 spiro atoms. The third-order valence-electron chi connectivity index (χ3n) is 2.98. The average molecular weight is 286 g/mol. The van der Waals surface area contributed by atoms with Crippen molar-refractivity contribution in [2.24, 2.45) is 0 Å². The Hall–Kier alpha value is -2.12. The number of carbonyl (C=O) groups excluding carboxylic acids is 1. The lowest BCUT2D eigenvalue weighted by Gasteiger charge is -2.34. The van der Waals surface area contributed by atoms with Crippen LogP contribution in [0.15, 0.2) is 24.9 Å². The summed E-state index contributed by atoms with van der Waals surface area (Å²) >= 11 is 0. The molecular formula is C12H13F3N4O. The number of amides is 1. The van der Waals surface area contributed by atoms with Gasteiger partial charge in [-0.25, -0.2) is 9.97 Å². The van der Waals surface area contributed by atoms with E-state index in [-0.39, 0.29) is 11.9 Å². The third-order valence-corrected chi connectivity index (χ3v) is 2.98. The van der Waals surface area contributed by atoms with E-state index in [2.05, 4.69) is 16.5 Å². The summed E-state index contributed by atoms with van der Waals surface area (Å²) in [6.45, 7) is 4.99. The largest absolute Gasteiger partial charge is 0.433 e. The maximum absolute atomic E-state index is 12.6. The first-order chi connectivity index (χ1) is 9.41. The number of hydrogen-bond donors (Lipinski definition) is 0. The zero-order chi connectivity index (χ0) is 14.8. The highest BCUT2D eigenvalue weighted by Crippen LogP contribution is 2.28. The van der Waals surface area contributed by atoms with E-state index in [0.29, 0.717) is 26.2 Å². The predicted octanol–water partition coefficient (Wildman–Crippen LogP) is 1.33. The first-order valence-electron chi connectivity index (χ1n) is 5.98. The van der Waals surface area contributed by atoms with Gasteiger partial charge in [-0.15, -0.1) is 0 Å². The van der Waals surface area contributed by atoms with E-state index in [1.165, 1.54) is 6.08 Å². The highest BCUT2D eigenvalue weighted by molar-refractivity contribution is 5.87. The number of hydrogen-bond acceptors (Lipinski definition) is 4. The molecule has 108 valence electrons. The molecule has 0 aliphatic carbocycles. The Morgan fingerprint density at radius 2 is 1.95 bits per heavy atom. The Morgan fingerprint density at radius 3 is 2.50 bits per heavy atom. The van der Waals surface area contributed by atoms with E-state index in [9.17, 15) is 18.0 Å². The zero-order valence-electron chi connectivity index (χ0n) is 10.6. The fourth-order valence-corrected chi connectivity index (χ4v) is 1.91. The molecule has 1 saturated heterocycles. The van der Waals surface area contributed by atoms with Gasteiger partial charge in [0.15, 0.2) is 0 Å². The second kappa shape index (κ2) is 5.48. The van der Waals surface area contributed by atoms with Gasteiger partial charge in [0.1, 0.15) is 5.69 Å². The van der Waals surface area contributed by atoms with Gasteiger partial charge in [-0.3, -0.25) is 4.79 Å². The van der Waals surface area contributed by atoms with Crippen molar-refractivity contribution in [2.75, 3.05) is 31.1 Å². The van der Waals surface area contributed by atoms with Crippen LogP contribution in [0.5, 0.6) is 0 Å². The summed E-state index contributed by atoms with van der Waals surface area (Å²) in [5, 5.41) is 0. The molecule has 2 rings (SSSR count). The van der Waals surface area contributed by atoms with Crippen LogP contribution in [-0.2, 0) is 11.0 Å². The molecule has 0 atom stereocenters. The number of piperazine rings is 1. The second-order valence-corrected chi connectivity index (χ2v) is 4.26. The van der Waals surface area contributed by atoms with Crippen LogP contribution in [-0.4, -0.2) is 47.0 Å². The number of alkyl halides is 3. The normalized spacial score (nSPS) is 16.1. The summed E-state index contributed by atoms with van der Waals surface area (Å²) in [4.78, 5) is 22.0. The minimum atomic E-state index is -4.49. The van der Waals surface area contributed by atoms with Gasteiger partial charge in [0, 0.05) is 32.4 Å². The lowest BCUT2D eigenvalue weighted by molar-refractivity contribution is -0.141. The van der Waals surface area contributed by atoms with Crippen LogP contribution >= 0.6 is 0 Å². The van der Waals surface area contributed by atoms with E-state index in [4.69, 9.17) is 0 Å². The number of carbonyl (C=O) groups is 1. The topological polar surface area (TPSA) is 49.3 Å². The number of nitrogens with zero attached hydrogens (tertiary/aromatic N) is 4. The summed E-state index contributed by atoms with van der Waals surface area (Å²) in [5.74, 6) is -0.153. The van der Waals surface area contributed by atoms with E-state index >= 15 is 0 Å². The molecule has 5 nitrogen and oxygen atoms in total. The van der Waals surface area contributed by atoms with E-state index in [0.717, 1.165) is 12.3 Å². The summed E-state index contributed by atoms with van der Waals surface area (Å²) < 4.78 is 37.7. The van der Waals surface area contributed by atoms with Gasteiger partial charge in [-0.2, -0.15) is 13.2 Å². The van der Waals surface area contributed by atoms with Crippen molar-refractivity contribution in [3.8, 4) is 0 Å². The van der Waals surface area contributed by atoms with Crippen LogP contribution in [0.3, 0.4) is 0 Å². The first-order valence-corrected chi connectivity index (χ1v) is 5.98. The van der Waals surface area contributed by atoms with Crippen LogP contribution in [0.2, 0.25) is 0 Å². The van der Waals surface area contributed by atoms with Crippen molar-refractivity contribution in [3.05, 3.63) is 30.6 Å². The maximum atomic E-state index is 12.6. The van der Waals surface area contributed by atoms with Crippen LogP contribution in [0.1, 0.15) is 5.69 Å². The first kappa shape index (κ1) is 14.3. The molecule has 1 aliphatic rings. The van der Waals surface area contributed by atoms with Gasteiger partial charge in [-0.05, 0) is 12.1 Å². The minimum Gasteiger partial charge on any atom is -0.337 e. The van der Waals surface area contributed by atoms with Crippen LogP contribution in [0.4, 0.5) is 19.1 Å². The summed E-state index contributed by atoms with van der Waals surface area (Å²) in [6.07, 6.45) is -2.18. The van der Waals surface area contributed by atoms with Crippen molar-refractivity contribution in [1.82, 2.24) is 14.9 Å². The van der Waals surface area contributed by atoms with Crippen molar-refractivity contribution < 1.29 is 18.0 Å². The van der Waals surface area contributed by atoms with E-state index in [1.807, 2.05) is 0 Å². The molecule has 2 heterocycles. The molecule has 0 aromatic carbocycles. The highest BCUT2D eigenvalue weighted by atomic mass is 19.4. The molecule has 0 unspecified atom stereocenters. The Bertz CT molecular complexity index is 510. The second-order valence-electron chi connectivity index (χ2n) is 4.26. The van der Waals surface area contributed by atoms with Crippen molar-refractivity contribution >= 4 is 11.9 Å². The molecule has 0 saturated carbocycles. The van der Waals surface area contributed by atoms with Crippen LogP contribution in [0, 0.1) is 0 Å². The van der Waals surface area contributed by atoms with Gasteiger partial charge in [-0.1, -0.05) is 6.58 Å². The third kappa shape index (κ3) is 3.06. The maximum Gasteiger partial charge on any atom is 0.433 e. The fourth-order valence-electron chi connectivity index (χ4n) is 1.91. The molecule has 1 aromatic heterocycles. The van der Waals surface area contributed by atoms with E-state index in [1.54, 1.807) is 9.80 Å². The minimum absolute atomic E-state index is 0.0329. The van der Waals surface area contributed by atoms with Crippen molar-refractivity contribution in [2.45, 2.75) is 6.18 Å². The highest BCUT2D eigenvalue weighted by Gasteiger charge is 2.33. The van der Waals surface area contributed by atoms with Gasteiger partial charge in [0.2, 0.25) is 11.9 Å². The van der Waals surface area contributed by atoms with Crippen LogP contribution < -0.4 is 4.90 Å². The summed E-state index contributed by atoms with van der Waals surface area (Å²) in [7, 11) is 0. The number of rotatable bonds is 2. The lowest BCUT2D eigenvalue weighted by atomic mass is 10.3. The average Bonchev–Trinajstić information content (AvgIpc) is 2.46. The molecule has 1 fully saturated rings. The predicted molar refractivity (Wildman–Crippen MR) is 66.0 cm³/mol.